The number of benzene rings is 2. The van der Waals surface area contributed by atoms with Gasteiger partial charge < -0.3 is 15.2 Å². The van der Waals surface area contributed by atoms with Crippen molar-refractivity contribution in [3.8, 4) is 5.75 Å². The molecule has 0 heterocycles. The van der Waals surface area contributed by atoms with Crippen molar-refractivity contribution < 1.29 is 19.6 Å². The van der Waals surface area contributed by atoms with Gasteiger partial charge in [0.15, 0.2) is 0 Å². The summed E-state index contributed by atoms with van der Waals surface area (Å²) in [6.45, 7) is 3.71. The predicted molar refractivity (Wildman–Crippen MR) is 97.6 cm³/mol. The number of carbonyl (C=O) groups excluding carboxylic acids is 1. The topological polar surface area (TPSA) is 102 Å². The lowest BCUT2D eigenvalue weighted by atomic mass is 10.1. The normalized spacial score (nSPS) is 11.9. The highest BCUT2D eigenvalue weighted by Gasteiger charge is 2.17. The molecule has 0 bridgehead atoms. The fourth-order valence-corrected chi connectivity index (χ4v) is 2.47. The summed E-state index contributed by atoms with van der Waals surface area (Å²) < 4.78 is 5.57. The maximum absolute atomic E-state index is 12.2. The minimum Gasteiger partial charge on any atom is -0.491 e. The van der Waals surface area contributed by atoms with Crippen molar-refractivity contribution in [3.63, 3.8) is 0 Å². The predicted octanol–water partition coefficient (Wildman–Crippen LogP) is 3.50. The van der Waals surface area contributed by atoms with Gasteiger partial charge in [-0.05, 0) is 37.6 Å². The summed E-state index contributed by atoms with van der Waals surface area (Å²) >= 11 is 5.93. The minimum atomic E-state index is -0.966. The first-order valence-electron chi connectivity index (χ1n) is 7.94. The van der Waals surface area contributed by atoms with Crippen LogP contribution in [0.15, 0.2) is 42.5 Å². The number of non-ortho nitro benzene ring substituents is 1. The molecule has 0 aliphatic rings. The van der Waals surface area contributed by atoms with E-state index in [9.17, 15) is 20.0 Å². The lowest BCUT2D eigenvalue weighted by molar-refractivity contribution is -0.384. The Balaban J connectivity index is 2.05. The number of ether oxygens (including phenoxy) is 1. The lowest BCUT2D eigenvalue weighted by Gasteiger charge is -2.15. The highest BCUT2D eigenvalue weighted by Crippen LogP contribution is 2.23. The van der Waals surface area contributed by atoms with Crippen molar-refractivity contribution in [1.29, 1.82) is 0 Å². The van der Waals surface area contributed by atoms with Crippen LogP contribution < -0.4 is 10.1 Å². The fraction of sp³-hybridized carbons (Fsp3) is 0.278. The van der Waals surface area contributed by atoms with E-state index in [1.807, 2.05) is 13.8 Å². The van der Waals surface area contributed by atoms with E-state index in [4.69, 9.17) is 16.3 Å². The quantitative estimate of drug-likeness (QED) is 0.567. The molecular weight excluding hydrogens is 360 g/mol. The van der Waals surface area contributed by atoms with Crippen LogP contribution >= 0.6 is 11.6 Å². The van der Waals surface area contributed by atoms with Gasteiger partial charge in [-0.1, -0.05) is 23.7 Å². The number of aliphatic hydroxyl groups is 1. The highest BCUT2D eigenvalue weighted by atomic mass is 35.5. The second kappa shape index (κ2) is 8.64. The molecule has 7 nitrogen and oxygen atoms in total. The fourth-order valence-electron chi connectivity index (χ4n) is 2.27. The molecule has 0 aliphatic carbocycles. The summed E-state index contributed by atoms with van der Waals surface area (Å²) in [7, 11) is 0. The second-order valence-corrected chi connectivity index (χ2v) is 6.29. The van der Waals surface area contributed by atoms with Gasteiger partial charge in [0.25, 0.3) is 11.6 Å². The second-order valence-electron chi connectivity index (χ2n) is 5.89. The van der Waals surface area contributed by atoms with Crippen LogP contribution in [0.1, 0.15) is 35.9 Å². The van der Waals surface area contributed by atoms with Gasteiger partial charge in [0.1, 0.15) is 5.75 Å². The van der Waals surface area contributed by atoms with Crippen LogP contribution in [0, 0.1) is 10.1 Å². The Bertz CT molecular complexity index is 810. The van der Waals surface area contributed by atoms with Gasteiger partial charge in [0.2, 0.25) is 0 Å². The summed E-state index contributed by atoms with van der Waals surface area (Å²) in [5.41, 5.74) is 0.317. The molecule has 2 aromatic carbocycles. The Morgan fingerprint density at radius 3 is 2.69 bits per heavy atom. The molecule has 138 valence electrons. The first-order valence-corrected chi connectivity index (χ1v) is 8.32. The van der Waals surface area contributed by atoms with E-state index in [0.717, 1.165) is 6.07 Å². The third-order valence-corrected chi connectivity index (χ3v) is 3.81. The van der Waals surface area contributed by atoms with Gasteiger partial charge in [0.05, 0.1) is 27.7 Å². The molecule has 1 atom stereocenters. The van der Waals surface area contributed by atoms with E-state index in [1.54, 1.807) is 24.3 Å². The van der Waals surface area contributed by atoms with Gasteiger partial charge in [-0.25, -0.2) is 0 Å². The van der Waals surface area contributed by atoms with E-state index in [-0.39, 0.29) is 28.9 Å². The van der Waals surface area contributed by atoms with E-state index in [0.29, 0.717) is 11.3 Å². The number of nitrogens with zero attached hydrogens (tertiary/aromatic N) is 1. The van der Waals surface area contributed by atoms with E-state index in [1.165, 1.54) is 12.1 Å². The maximum Gasteiger partial charge on any atom is 0.270 e. The smallest absolute Gasteiger partial charge is 0.270 e. The molecule has 0 fully saturated rings. The van der Waals surface area contributed by atoms with Crippen LogP contribution in [0.5, 0.6) is 5.75 Å². The summed E-state index contributed by atoms with van der Waals surface area (Å²) in [5.74, 6) is 0.0111. The minimum absolute atomic E-state index is 0.00175. The number of hydrogen-bond donors (Lipinski definition) is 2. The van der Waals surface area contributed by atoms with Crippen molar-refractivity contribution >= 4 is 23.2 Å². The standard InChI is InChI=1S/C18H19ClN2O5/c1-11(2)26-14-5-3-4-12(8-14)17(22)10-20-18(23)15-9-13(21(24)25)6-7-16(15)19/h3-9,11,17,22H,10H2,1-2H3,(H,20,23). The number of halogens is 1. The van der Waals surface area contributed by atoms with E-state index >= 15 is 0 Å². The number of aliphatic hydroxyl groups excluding tert-OH is 1. The van der Waals surface area contributed by atoms with Crippen LogP contribution in [-0.4, -0.2) is 28.6 Å². The molecule has 26 heavy (non-hydrogen) atoms. The molecule has 8 heteroatoms. The molecular formula is C18H19ClN2O5. The molecule has 2 N–H and O–H groups in total. The number of rotatable bonds is 7. The Kier molecular flexibility index (Phi) is 6.54. The van der Waals surface area contributed by atoms with E-state index < -0.39 is 16.9 Å². The van der Waals surface area contributed by atoms with Gasteiger partial charge in [-0.2, -0.15) is 0 Å². The van der Waals surface area contributed by atoms with Crippen LogP contribution in [0.25, 0.3) is 0 Å². The summed E-state index contributed by atoms with van der Waals surface area (Å²) in [6, 6.07) is 10.5. The molecule has 0 radical (unpaired) electrons. The van der Waals surface area contributed by atoms with Crippen LogP contribution in [0.3, 0.4) is 0 Å². The molecule has 2 rings (SSSR count). The molecule has 1 unspecified atom stereocenters. The zero-order chi connectivity index (χ0) is 19.3. The van der Waals surface area contributed by atoms with Crippen molar-refractivity contribution in [2.24, 2.45) is 0 Å². The number of carbonyl (C=O) groups is 1. The monoisotopic (exact) mass is 378 g/mol. The largest absolute Gasteiger partial charge is 0.491 e. The molecule has 0 saturated heterocycles. The molecule has 0 aromatic heterocycles. The zero-order valence-electron chi connectivity index (χ0n) is 14.3. The van der Waals surface area contributed by atoms with E-state index in [2.05, 4.69) is 5.32 Å². The van der Waals surface area contributed by atoms with Crippen LogP contribution in [0.4, 0.5) is 5.69 Å². The third-order valence-electron chi connectivity index (χ3n) is 3.48. The number of hydrogen-bond acceptors (Lipinski definition) is 5. The summed E-state index contributed by atoms with van der Waals surface area (Å²) in [6.07, 6.45) is -0.967. The lowest BCUT2D eigenvalue weighted by Crippen LogP contribution is -2.28. The number of amides is 1. The Morgan fingerprint density at radius 2 is 2.04 bits per heavy atom. The molecule has 2 aromatic rings. The van der Waals surface area contributed by atoms with Crippen LogP contribution in [0.2, 0.25) is 5.02 Å². The van der Waals surface area contributed by atoms with Gasteiger partial charge in [0, 0.05) is 18.7 Å². The zero-order valence-corrected chi connectivity index (χ0v) is 15.1. The Hall–Kier alpha value is -2.64. The number of nitrogens with one attached hydrogen (secondary N) is 1. The van der Waals surface area contributed by atoms with Crippen LogP contribution in [-0.2, 0) is 0 Å². The summed E-state index contributed by atoms with van der Waals surface area (Å²) in [5, 5.41) is 23.7. The van der Waals surface area contributed by atoms with Crippen molar-refractivity contribution in [2.75, 3.05) is 6.54 Å². The van der Waals surface area contributed by atoms with Gasteiger partial charge in [-0.15, -0.1) is 0 Å². The maximum atomic E-state index is 12.2. The summed E-state index contributed by atoms with van der Waals surface area (Å²) in [4.78, 5) is 22.5. The van der Waals surface area contributed by atoms with Crippen molar-refractivity contribution in [2.45, 2.75) is 26.1 Å². The average molecular weight is 379 g/mol. The molecule has 0 aliphatic heterocycles. The highest BCUT2D eigenvalue weighted by molar-refractivity contribution is 6.33. The van der Waals surface area contributed by atoms with Gasteiger partial charge in [-0.3, -0.25) is 14.9 Å². The molecule has 1 amide bonds. The Morgan fingerprint density at radius 1 is 1.31 bits per heavy atom. The number of nitro benzene ring substituents is 1. The SMILES string of the molecule is CC(C)Oc1cccc(C(O)CNC(=O)c2cc([N+](=O)[O-])ccc2Cl)c1. The van der Waals surface area contributed by atoms with Crippen molar-refractivity contribution in [3.05, 3.63) is 68.7 Å². The third kappa shape index (κ3) is 5.18. The molecule has 0 saturated carbocycles. The first-order chi connectivity index (χ1) is 12.3. The Labute approximate surface area is 155 Å². The van der Waals surface area contributed by atoms with Gasteiger partial charge >= 0.3 is 0 Å². The van der Waals surface area contributed by atoms with Crippen molar-refractivity contribution in [1.82, 2.24) is 5.32 Å². The first kappa shape index (κ1) is 19.7. The molecule has 0 spiro atoms. The number of nitro groups is 1. The average Bonchev–Trinajstić information content (AvgIpc) is 2.59.